The van der Waals surface area contributed by atoms with Crippen molar-refractivity contribution >= 4 is 35.8 Å². The Bertz CT molecular complexity index is 670. The van der Waals surface area contributed by atoms with Gasteiger partial charge >= 0.3 is 0 Å². The number of piperazine rings is 1. The van der Waals surface area contributed by atoms with Gasteiger partial charge in [0, 0.05) is 52.9 Å². The molecule has 8 heteroatoms. The van der Waals surface area contributed by atoms with Gasteiger partial charge in [-0.25, -0.2) is 4.39 Å². The minimum atomic E-state index is -0.206. The molecule has 1 unspecified atom stereocenters. The quantitative estimate of drug-likeness (QED) is 0.370. The van der Waals surface area contributed by atoms with Crippen LogP contribution in [0.1, 0.15) is 25.3 Å². The van der Waals surface area contributed by atoms with Crippen LogP contribution in [0.4, 0.5) is 4.39 Å². The summed E-state index contributed by atoms with van der Waals surface area (Å²) in [4.78, 5) is 23.6. The van der Waals surface area contributed by atoms with Gasteiger partial charge in [0.2, 0.25) is 5.91 Å². The van der Waals surface area contributed by atoms with Gasteiger partial charge in [-0.3, -0.25) is 14.7 Å². The molecule has 0 spiro atoms. The molecule has 3 rings (SSSR count). The SMILES string of the molecule is CN=C(NCCc1ccc(F)cc1)N1CCN(C(C)C(=O)N2CCCC2)CC1.I. The molecule has 1 N–H and O–H groups in total. The van der Waals surface area contributed by atoms with Gasteiger partial charge in [0.25, 0.3) is 0 Å². The molecule has 2 fully saturated rings. The predicted octanol–water partition coefficient (Wildman–Crippen LogP) is 2.19. The van der Waals surface area contributed by atoms with Crippen LogP contribution in [0, 0.1) is 5.82 Å². The highest BCUT2D eigenvalue weighted by Gasteiger charge is 2.30. The van der Waals surface area contributed by atoms with Crippen LogP contribution < -0.4 is 5.32 Å². The highest BCUT2D eigenvalue weighted by molar-refractivity contribution is 14.0. The molecule has 2 aliphatic heterocycles. The topological polar surface area (TPSA) is 51.2 Å². The summed E-state index contributed by atoms with van der Waals surface area (Å²) in [6.07, 6.45) is 3.08. The van der Waals surface area contributed by atoms with E-state index in [0.29, 0.717) is 0 Å². The van der Waals surface area contributed by atoms with Crippen molar-refractivity contribution < 1.29 is 9.18 Å². The fourth-order valence-electron chi connectivity index (χ4n) is 3.98. The summed E-state index contributed by atoms with van der Waals surface area (Å²) in [6, 6.07) is 6.57. The van der Waals surface area contributed by atoms with Crippen molar-refractivity contribution in [2.45, 2.75) is 32.2 Å². The van der Waals surface area contributed by atoms with Crippen LogP contribution >= 0.6 is 24.0 Å². The van der Waals surface area contributed by atoms with Gasteiger partial charge in [-0.1, -0.05) is 12.1 Å². The van der Waals surface area contributed by atoms with Gasteiger partial charge in [-0.2, -0.15) is 0 Å². The Kier molecular flexibility index (Phi) is 9.61. The van der Waals surface area contributed by atoms with Crippen LogP contribution in [0.2, 0.25) is 0 Å². The molecule has 1 aromatic carbocycles. The first-order valence-corrected chi connectivity index (χ1v) is 10.3. The number of hydrogen-bond donors (Lipinski definition) is 1. The van der Waals surface area contributed by atoms with E-state index in [0.717, 1.165) is 76.6 Å². The van der Waals surface area contributed by atoms with Crippen LogP contribution in [-0.4, -0.2) is 85.5 Å². The lowest BCUT2D eigenvalue weighted by molar-refractivity contribution is -0.135. The summed E-state index contributed by atoms with van der Waals surface area (Å²) in [6.45, 7) is 8.04. The minimum Gasteiger partial charge on any atom is -0.356 e. The van der Waals surface area contributed by atoms with Crippen molar-refractivity contribution in [2.75, 3.05) is 52.9 Å². The number of nitrogens with zero attached hydrogens (tertiary/aromatic N) is 4. The monoisotopic (exact) mass is 517 g/mol. The molecule has 2 aliphatic rings. The highest BCUT2D eigenvalue weighted by Crippen LogP contribution is 2.14. The van der Waals surface area contributed by atoms with E-state index in [9.17, 15) is 9.18 Å². The largest absolute Gasteiger partial charge is 0.356 e. The average Bonchev–Trinajstić information content (AvgIpc) is 3.26. The zero-order valence-corrected chi connectivity index (χ0v) is 19.8. The molecule has 1 aromatic rings. The van der Waals surface area contributed by atoms with Crippen LogP contribution in [-0.2, 0) is 11.2 Å². The maximum absolute atomic E-state index is 13.0. The van der Waals surface area contributed by atoms with Gasteiger partial charge in [0.1, 0.15) is 5.82 Å². The van der Waals surface area contributed by atoms with Gasteiger partial charge in [0.05, 0.1) is 6.04 Å². The third-order valence-electron chi connectivity index (χ3n) is 5.76. The molecule has 0 saturated carbocycles. The van der Waals surface area contributed by atoms with E-state index in [2.05, 4.69) is 20.1 Å². The second-order valence-corrected chi connectivity index (χ2v) is 7.58. The summed E-state index contributed by atoms with van der Waals surface area (Å²) < 4.78 is 13.0. The van der Waals surface area contributed by atoms with E-state index in [1.54, 1.807) is 7.05 Å². The molecule has 2 heterocycles. The first-order chi connectivity index (χ1) is 13.6. The number of halogens is 2. The van der Waals surface area contributed by atoms with E-state index in [-0.39, 0.29) is 41.7 Å². The van der Waals surface area contributed by atoms with Crippen molar-refractivity contribution in [1.82, 2.24) is 20.0 Å². The Morgan fingerprint density at radius 2 is 1.69 bits per heavy atom. The maximum Gasteiger partial charge on any atom is 0.239 e. The first-order valence-electron chi connectivity index (χ1n) is 10.3. The van der Waals surface area contributed by atoms with E-state index >= 15 is 0 Å². The molecule has 2 saturated heterocycles. The number of rotatable bonds is 5. The molecule has 0 aliphatic carbocycles. The van der Waals surface area contributed by atoms with Crippen molar-refractivity contribution in [1.29, 1.82) is 0 Å². The minimum absolute atomic E-state index is 0. The Hall–Kier alpha value is -1.42. The van der Waals surface area contributed by atoms with E-state index in [1.165, 1.54) is 12.1 Å². The fraction of sp³-hybridized carbons (Fsp3) is 0.619. The standard InChI is InChI=1S/C21H32FN5O.HI/c1-17(20(28)26-11-3-4-12-26)25-13-15-27(16-14-25)21(23-2)24-10-9-18-5-7-19(22)8-6-18;/h5-8,17H,3-4,9-16H2,1-2H3,(H,23,24);1H. The Balaban J connectivity index is 0.00000300. The lowest BCUT2D eigenvalue weighted by Gasteiger charge is -2.39. The molecular weight excluding hydrogens is 484 g/mol. The number of carbonyl (C=O) groups is 1. The van der Waals surface area contributed by atoms with E-state index in [1.807, 2.05) is 24.0 Å². The average molecular weight is 517 g/mol. The van der Waals surface area contributed by atoms with Crippen molar-refractivity contribution in [3.8, 4) is 0 Å². The normalized spacial score (nSPS) is 19.1. The fourth-order valence-corrected chi connectivity index (χ4v) is 3.98. The number of nitrogens with one attached hydrogen (secondary N) is 1. The van der Waals surface area contributed by atoms with Crippen molar-refractivity contribution in [3.05, 3.63) is 35.6 Å². The third kappa shape index (κ3) is 6.53. The predicted molar refractivity (Wildman–Crippen MR) is 125 cm³/mol. The lowest BCUT2D eigenvalue weighted by atomic mass is 10.1. The smallest absolute Gasteiger partial charge is 0.239 e. The molecule has 0 radical (unpaired) electrons. The summed E-state index contributed by atoms with van der Waals surface area (Å²) in [7, 11) is 1.80. The van der Waals surface area contributed by atoms with Gasteiger partial charge in [-0.15, -0.1) is 24.0 Å². The Morgan fingerprint density at radius 1 is 1.07 bits per heavy atom. The van der Waals surface area contributed by atoms with Crippen molar-refractivity contribution in [3.63, 3.8) is 0 Å². The van der Waals surface area contributed by atoms with Crippen LogP contribution in [0.15, 0.2) is 29.3 Å². The first kappa shape index (κ1) is 23.9. The van der Waals surface area contributed by atoms with Crippen LogP contribution in [0.25, 0.3) is 0 Å². The molecular formula is C21H33FIN5O. The summed E-state index contributed by atoms with van der Waals surface area (Å²) in [5, 5.41) is 3.40. The molecule has 0 aromatic heterocycles. The number of benzene rings is 1. The molecule has 1 atom stereocenters. The van der Waals surface area contributed by atoms with Gasteiger partial charge < -0.3 is 15.1 Å². The van der Waals surface area contributed by atoms with Gasteiger partial charge in [0.15, 0.2) is 5.96 Å². The number of guanidine groups is 1. The Labute approximate surface area is 190 Å². The molecule has 0 bridgehead atoms. The van der Waals surface area contributed by atoms with E-state index < -0.39 is 0 Å². The second kappa shape index (κ2) is 11.7. The third-order valence-corrected chi connectivity index (χ3v) is 5.76. The van der Waals surface area contributed by atoms with Gasteiger partial charge in [-0.05, 0) is 43.9 Å². The molecule has 1 amide bonds. The number of aliphatic imine (C=N–C) groups is 1. The number of hydrogen-bond acceptors (Lipinski definition) is 3. The Morgan fingerprint density at radius 3 is 2.28 bits per heavy atom. The molecule has 29 heavy (non-hydrogen) atoms. The number of carbonyl (C=O) groups excluding carboxylic acids is 1. The number of likely N-dealkylation sites (tertiary alicyclic amines) is 1. The summed E-state index contributed by atoms with van der Waals surface area (Å²) in [5.74, 6) is 0.955. The van der Waals surface area contributed by atoms with Crippen LogP contribution in [0.5, 0.6) is 0 Å². The van der Waals surface area contributed by atoms with E-state index in [4.69, 9.17) is 0 Å². The highest BCUT2D eigenvalue weighted by atomic mass is 127. The van der Waals surface area contributed by atoms with Crippen LogP contribution in [0.3, 0.4) is 0 Å². The summed E-state index contributed by atoms with van der Waals surface area (Å²) >= 11 is 0. The molecule has 6 nitrogen and oxygen atoms in total. The second-order valence-electron chi connectivity index (χ2n) is 7.58. The number of amides is 1. The van der Waals surface area contributed by atoms with Crippen molar-refractivity contribution in [2.24, 2.45) is 4.99 Å². The maximum atomic E-state index is 13.0. The zero-order chi connectivity index (χ0) is 19.9. The zero-order valence-electron chi connectivity index (χ0n) is 17.4. The molecule has 162 valence electrons. The summed E-state index contributed by atoms with van der Waals surface area (Å²) in [5.41, 5.74) is 1.10. The lowest BCUT2D eigenvalue weighted by Crippen LogP contribution is -2.57.